The summed E-state index contributed by atoms with van der Waals surface area (Å²) in [6, 6.07) is 3.29. The van der Waals surface area contributed by atoms with Gasteiger partial charge in [0.2, 0.25) is 0 Å². The molecule has 112 valence electrons. The maximum absolute atomic E-state index is 12.2. The maximum atomic E-state index is 12.2. The molecule has 1 heterocycles. The number of rotatable bonds is 4. The van der Waals surface area contributed by atoms with Crippen LogP contribution >= 0.6 is 22.9 Å². The summed E-state index contributed by atoms with van der Waals surface area (Å²) in [6.45, 7) is 3.58. The third-order valence-corrected chi connectivity index (χ3v) is 5.45. The topological polar surface area (TPSA) is 102 Å². The fourth-order valence-corrected chi connectivity index (χ4v) is 3.75. The number of nitrogens with one attached hydrogen (secondary N) is 1. The third-order valence-electron chi connectivity index (χ3n) is 2.67. The molecule has 0 saturated heterocycles. The highest BCUT2D eigenvalue weighted by atomic mass is 35.5. The van der Waals surface area contributed by atoms with Gasteiger partial charge in [-0.25, -0.2) is 13.4 Å². The zero-order valence-electron chi connectivity index (χ0n) is 11.0. The van der Waals surface area contributed by atoms with E-state index in [1.54, 1.807) is 6.92 Å². The standard InChI is InChI=1S/C11H10ClN3O4S2/c1-6-7(2)20-11(13-6)14-21(18,19)8-3-4-9(12)10(5-8)15(16)17/h3-5H,1-2H3,(H,13,14). The molecule has 0 spiro atoms. The number of nitrogens with zero attached hydrogens (tertiary/aromatic N) is 2. The van der Waals surface area contributed by atoms with Gasteiger partial charge in [-0.1, -0.05) is 11.6 Å². The largest absolute Gasteiger partial charge is 0.289 e. The minimum absolute atomic E-state index is 0.125. The van der Waals surface area contributed by atoms with Crippen LogP contribution in [0.4, 0.5) is 10.8 Å². The molecule has 1 aromatic carbocycles. The fraction of sp³-hybridized carbons (Fsp3) is 0.182. The van der Waals surface area contributed by atoms with Gasteiger partial charge < -0.3 is 0 Å². The van der Waals surface area contributed by atoms with Gasteiger partial charge in [0.15, 0.2) is 5.13 Å². The summed E-state index contributed by atoms with van der Waals surface area (Å²) in [5.74, 6) is 0. The Balaban J connectivity index is 2.40. The van der Waals surface area contributed by atoms with Gasteiger partial charge in [0.05, 0.1) is 15.5 Å². The fourth-order valence-electron chi connectivity index (χ4n) is 1.49. The quantitative estimate of drug-likeness (QED) is 0.676. The molecule has 0 bridgehead atoms. The first-order valence-electron chi connectivity index (χ1n) is 5.61. The molecular weight excluding hydrogens is 338 g/mol. The van der Waals surface area contributed by atoms with Crippen LogP contribution in [-0.2, 0) is 10.0 Å². The van der Waals surface area contributed by atoms with Gasteiger partial charge in [0.1, 0.15) is 5.02 Å². The number of hydrogen-bond acceptors (Lipinski definition) is 6. The molecule has 1 aromatic heterocycles. The van der Waals surface area contributed by atoms with Gasteiger partial charge in [0, 0.05) is 10.9 Å². The second-order valence-electron chi connectivity index (χ2n) is 4.14. The highest BCUT2D eigenvalue weighted by Gasteiger charge is 2.22. The number of nitro benzene ring substituents is 1. The Morgan fingerprint density at radius 1 is 1.38 bits per heavy atom. The summed E-state index contributed by atoms with van der Waals surface area (Å²) in [7, 11) is -3.95. The van der Waals surface area contributed by atoms with Crippen molar-refractivity contribution in [2.24, 2.45) is 0 Å². The summed E-state index contributed by atoms with van der Waals surface area (Å²) in [6.07, 6.45) is 0. The van der Waals surface area contributed by atoms with Crippen LogP contribution in [0.3, 0.4) is 0 Å². The van der Waals surface area contributed by atoms with Crippen LogP contribution in [-0.4, -0.2) is 18.3 Å². The van der Waals surface area contributed by atoms with Gasteiger partial charge in [-0.2, -0.15) is 0 Å². The molecule has 0 aliphatic heterocycles. The van der Waals surface area contributed by atoms with E-state index in [-0.39, 0.29) is 15.0 Å². The first-order valence-corrected chi connectivity index (χ1v) is 8.29. The van der Waals surface area contributed by atoms with E-state index in [1.165, 1.54) is 23.5 Å². The monoisotopic (exact) mass is 347 g/mol. The Morgan fingerprint density at radius 2 is 2.05 bits per heavy atom. The van der Waals surface area contributed by atoms with Crippen molar-refractivity contribution < 1.29 is 13.3 Å². The van der Waals surface area contributed by atoms with Gasteiger partial charge >= 0.3 is 0 Å². The van der Waals surface area contributed by atoms with Gasteiger partial charge in [-0.05, 0) is 26.0 Å². The molecule has 0 saturated carbocycles. The van der Waals surface area contributed by atoms with E-state index < -0.39 is 20.6 Å². The molecule has 0 fully saturated rings. The Hall–Kier alpha value is -1.71. The lowest BCUT2D eigenvalue weighted by Crippen LogP contribution is -2.13. The number of sulfonamides is 1. The molecule has 21 heavy (non-hydrogen) atoms. The number of hydrogen-bond donors (Lipinski definition) is 1. The lowest BCUT2D eigenvalue weighted by atomic mass is 10.3. The van der Waals surface area contributed by atoms with Crippen LogP contribution in [0.2, 0.25) is 5.02 Å². The average Bonchev–Trinajstić information content (AvgIpc) is 2.67. The number of aryl methyl sites for hydroxylation is 2. The van der Waals surface area contributed by atoms with Crippen molar-refractivity contribution >= 4 is 43.8 Å². The molecule has 10 heteroatoms. The van der Waals surface area contributed by atoms with Crippen molar-refractivity contribution in [2.45, 2.75) is 18.7 Å². The molecule has 0 amide bonds. The zero-order chi connectivity index (χ0) is 15.8. The number of thiazole rings is 1. The first kappa shape index (κ1) is 15.7. The number of halogens is 1. The second kappa shape index (κ2) is 5.58. The minimum atomic E-state index is -3.95. The SMILES string of the molecule is Cc1nc(NS(=O)(=O)c2ccc(Cl)c([N+](=O)[O-])c2)sc1C. The predicted molar refractivity (Wildman–Crippen MR) is 80.5 cm³/mol. The number of benzene rings is 1. The molecule has 0 radical (unpaired) electrons. The predicted octanol–water partition coefficient (Wildman–Crippen LogP) is 3.12. The Morgan fingerprint density at radius 3 is 2.57 bits per heavy atom. The van der Waals surface area contributed by atoms with Crippen molar-refractivity contribution in [3.8, 4) is 0 Å². The lowest BCUT2D eigenvalue weighted by molar-refractivity contribution is -0.384. The van der Waals surface area contributed by atoms with E-state index in [2.05, 4.69) is 9.71 Å². The maximum Gasteiger partial charge on any atom is 0.289 e. The van der Waals surface area contributed by atoms with E-state index in [9.17, 15) is 18.5 Å². The number of nitro groups is 1. The van der Waals surface area contributed by atoms with Gasteiger partial charge in [-0.15, -0.1) is 11.3 Å². The van der Waals surface area contributed by atoms with Gasteiger partial charge in [-0.3, -0.25) is 14.8 Å². The van der Waals surface area contributed by atoms with Crippen molar-refractivity contribution in [3.05, 3.63) is 43.9 Å². The zero-order valence-corrected chi connectivity index (χ0v) is 13.3. The van der Waals surface area contributed by atoms with E-state index in [1.807, 2.05) is 6.92 Å². The van der Waals surface area contributed by atoms with Crippen LogP contribution in [0.1, 0.15) is 10.6 Å². The Kier molecular flexibility index (Phi) is 4.17. The van der Waals surface area contributed by atoms with E-state index in [0.717, 1.165) is 16.6 Å². The molecular formula is C11H10ClN3O4S2. The Bertz CT molecular complexity index is 797. The summed E-state index contributed by atoms with van der Waals surface area (Å²) < 4.78 is 26.7. The molecule has 2 aromatic rings. The van der Waals surface area contributed by atoms with Crippen molar-refractivity contribution in [1.29, 1.82) is 0 Å². The summed E-state index contributed by atoms with van der Waals surface area (Å²) in [5.41, 5.74) is 0.255. The van der Waals surface area contributed by atoms with E-state index >= 15 is 0 Å². The highest BCUT2D eigenvalue weighted by molar-refractivity contribution is 7.93. The van der Waals surface area contributed by atoms with Crippen molar-refractivity contribution in [2.75, 3.05) is 4.72 Å². The van der Waals surface area contributed by atoms with Gasteiger partial charge in [0.25, 0.3) is 15.7 Å². The summed E-state index contributed by atoms with van der Waals surface area (Å²) in [4.78, 5) is 14.8. The second-order valence-corrected chi connectivity index (χ2v) is 7.43. The van der Waals surface area contributed by atoms with Crippen LogP contribution in [0.25, 0.3) is 0 Å². The molecule has 7 nitrogen and oxygen atoms in total. The molecule has 2 rings (SSSR count). The molecule has 0 aliphatic carbocycles. The molecule has 0 unspecified atom stereocenters. The minimum Gasteiger partial charge on any atom is -0.258 e. The highest BCUT2D eigenvalue weighted by Crippen LogP contribution is 2.29. The van der Waals surface area contributed by atoms with Crippen LogP contribution < -0.4 is 4.72 Å². The number of aromatic nitrogens is 1. The van der Waals surface area contributed by atoms with Crippen LogP contribution in [0, 0.1) is 24.0 Å². The Labute approximate surface area is 129 Å². The molecule has 1 N–H and O–H groups in total. The van der Waals surface area contributed by atoms with E-state index in [0.29, 0.717) is 0 Å². The van der Waals surface area contributed by atoms with Crippen molar-refractivity contribution in [1.82, 2.24) is 4.98 Å². The number of anilines is 1. The van der Waals surface area contributed by atoms with E-state index in [4.69, 9.17) is 11.6 Å². The summed E-state index contributed by atoms with van der Waals surface area (Å²) >= 11 is 6.85. The normalized spacial score (nSPS) is 11.4. The lowest BCUT2D eigenvalue weighted by Gasteiger charge is -2.05. The molecule has 0 atom stereocenters. The smallest absolute Gasteiger partial charge is 0.258 e. The summed E-state index contributed by atoms with van der Waals surface area (Å²) in [5, 5.41) is 10.9. The molecule has 0 aliphatic rings. The van der Waals surface area contributed by atoms with Crippen molar-refractivity contribution in [3.63, 3.8) is 0 Å². The first-order chi connectivity index (χ1) is 9.70. The third kappa shape index (κ3) is 3.31. The average molecular weight is 348 g/mol. The van der Waals surface area contributed by atoms with Crippen LogP contribution in [0.5, 0.6) is 0 Å². The van der Waals surface area contributed by atoms with Crippen LogP contribution in [0.15, 0.2) is 23.1 Å².